The standard InChI is InChI=1S/C50H31N5O/c1-3-15-32(16-4-1)49-51-50(55(52-49)33-17-5-2-6-18-33)40-25-14-24-39-36-21-7-11-27-44(36)54(48(39)40)35-20-13-19-34(29-35)53-43-26-10-8-22-37(43)41-31-47-42(30-45(41)53)38-23-9-12-28-46(38)56-47/h1-31H. The van der Waals surface area contributed by atoms with Gasteiger partial charge >= 0.3 is 0 Å². The minimum atomic E-state index is 0.678. The average molecular weight is 718 g/mol. The third kappa shape index (κ3) is 4.50. The molecule has 262 valence electrons. The third-order valence-electron chi connectivity index (χ3n) is 11.1. The molecule has 0 aliphatic carbocycles. The molecule has 0 amide bonds. The fourth-order valence-electron chi connectivity index (χ4n) is 8.65. The number of benzene rings is 8. The topological polar surface area (TPSA) is 53.7 Å². The van der Waals surface area contributed by atoms with Gasteiger partial charge in [-0.05, 0) is 66.7 Å². The molecule has 0 aliphatic heterocycles. The number of hydrogen-bond acceptors (Lipinski definition) is 3. The largest absolute Gasteiger partial charge is 0.456 e. The zero-order valence-electron chi connectivity index (χ0n) is 30.0. The van der Waals surface area contributed by atoms with Crippen LogP contribution in [0.3, 0.4) is 0 Å². The molecule has 0 N–H and O–H groups in total. The van der Waals surface area contributed by atoms with Gasteiger partial charge in [-0.2, -0.15) is 0 Å². The van der Waals surface area contributed by atoms with Crippen molar-refractivity contribution < 1.29 is 4.42 Å². The van der Waals surface area contributed by atoms with Crippen LogP contribution in [-0.4, -0.2) is 23.9 Å². The number of fused-ring (bicyclic) bond motifs is 9. The first-order chi connectivity index (χ1) is 27.8. The van der Waals surface area contributed by atoms with Gasteiger partial charge in [0.15, 0.2) is 11.6 Å². The summed E-state index contributed by atoms with van der Waals surface area (Å²) < 4.78 is 13.1. The van der Waals surface area contributed by atoms with Gasteiger partial charge in [-0.3, -0.25) is 0 Å². The second kappa shape index (κ2) is 11.9. The van der Waals surface area contributed by atoms with Gasteiger partial charge in [0.05, 0.1) is 27.8 Å². The molecule has 0 unspecified atom stereocenters. The van der Waals surface area contributed by atoms with E-state index in [4.69, 9.17) is 14.5 Å². The molecule has 8 aromatic carbocycles. The minimum absolute atomic E-state index is 0.678. The number of rotatable bonds is 5. The van der Waals surface area contributed by atoms with Gasteiger partial charge < -0.3 is 13.6 Å². The normalized spacial score (nSPS) is 11.9. The third-order valence-corrected chi connectivity index (χ3v) is 11.1. The lowest BCUT2D eigenvalue weighted by Crippen LogP contribution is -2.02. The molecule has 6 nitrogen and oxygen atoms in total. The molecule has 12 rings (SSSR count). The van der Waals surface area contributed by atoms with Crippen molar-refractivity contribution in [3.05, 3.63) is 188 Å². The summed E-state index contributed by atoms with van der Waals surface area (Å²) in [5, 5.41) is 12.0. The van der Waals surface area contributed by atoms with E-state index in [-0.39, 0.29) is 0 Å². The molecule has 0 saturated carbocycles. The van der Waals surface area contributed by atoms with E-state index in [9.17, 15) is 0 Å². The lowest BCUT2D eigenvalue weighted by Gasteiger charge is -2.14. The molecule has 56 heavy (non-hydrogen) atoms. The molecule has 0 aliphatic rings. The van der Waals surface area contributed by atoms with Crippen LogP contribution in [0.1, 0.15) is 0 Å². The second-order valence-corrected chi connectivity index (χ2v) is 14.3. The Morgan fingerprint density at radius 3 is 1.80 bits per heavy atom. The van der Waals surface area contributed by atoms with Crippen LogP contribution in [0.2, 0.25) is 0 Å². The van der Waals surface area contributed by atoms with E-state index in [1.54, 1.807) is 0 Å². The summed E-state index contributed by atoms with van der Waals surface area (Å²) in [6.45, 7) is 0. The summed E-state index contributed by atoms with van der Waals surface area (Å²) in [5.41, 5.74) is 11.3. The Morgan fingerprint density at radius 2 is 1.00 bits per heavy atom. The summed E-state index contributed by atoms with van der Waals surface area (Å²) in [5.74, 6) is 1.46. The zero-order valence-corrected chi connectivity index (χ0v) is 30.0. The second-order valence-electron chi connectivity index (χ2n) is 14.3. The van der Waals surface area contributed by atoms with E-state index in [1.165, 1.54) is 10.8 Å². The van der Waals surface area contributed by atoms with Crippen LogP contribution in [0.4, 0.5) is 0 Å². The molecule has 0 radical (unpaired) electrons. The highest BCUT2D eigenvalue weighted by Gasteiger charge is 2.23. The van der Waals surface area contributed by atoms with Gasteiger partial charge in [0.2, 0.25) is 0 Å². The van der Waals surface area contributed by atoms with Crippen molar-refractivity contribution in [2.24, 2.45) is 0 Å². The summed E-state index contributed by atoms with van der Waals surface area (Å²) in [6.07, 6.45) is 0. The number of para-hydroxylation sites is 5. The van der Waals surface area contributed by atoms with Gasteiger partial charge in [0.25, 0.3) is 0 Å². The van der Waals surface area contributed by atoms with E-state index >= 15 is 0 Å². The average Bonchev–Trinajstić information content (AvgIpc) is 4.03. The Morgan fingerprint density at radius 1 is 0.393 bits per heavy atom. The van der Waals surface area contributed by atoms with Crippen molar-refractivity contribution in [3.8, 4) is 39.8 Å². The monoisotopic (exact) mass is 717 g/mol. The van der Waals surface area contributed by atoms with Crippen molar-refractivity contribution >= 4 is 65.6 Å². The first-order valence-electron chi connectivity index (χ1n) is 18.8. The lowest BCUT2D eigenvalue weighted by molar-refractivity contribution is 0.669. The van der Waals surface area contributed by atoms with Gasteiger partial charge in [-0.1, -0.05) is 121 Å². The minimum Gasteiger partial charge on any atom is -0.456 e. The van der Waals surface area contributed by atoms with Crippen molar-refractivity contribution in [1.82, 2.24) is 23.9 Å². The van der Waals surface area contributed by atoms with Crippen LogP contribution in [-0.2, 0) is 0 Å². The van der Waals surface area contributed by atoms with Crippen LogP contribution in [0.15, 0.2) is 192 Å². The molecule has 0 saturated heterocycles. The molecule has 4 aromatic heterocycles. The Hall–Kier alpha value is -7.70. The molecule has 0 spiro atoms. The van der Waals surface area contributed by atoms with Gasteiger partial charge in [0, 0.05) is 54.8 Å². The molecule has 4 heterocycles. The first-order valence-corrected chi connectivity index (χ1v) is 18.8. The van der Waals surface area contributed by atoms with Crippen molar-refractivity contribution in [1.29, 1.82) is 0 Å². The number of hydrogen-bond donors (Lipinski definition) is 0. The van der Waals surface area contributed by atoms with Gasteiger partial charge in [-0.15, -0.1) is 5.10 Å². The van der Waals surface area contributed by atoms with Crippen LogP contribution >= 0.6 is 0 Å². The van der Waals surface area contributed by atoms with E-state index in [0.29, 0.717) is 5.82 Å². The van der Waals surface area contributed by atoms with E-state index < -0.39 is 0 Å². The number of aromatic nitrogens is 5. The molecule has 6 heteroatoms. The van der Waals surface area contributed by atoms with Gasteiger partial charge in [-0.25, -0.2) is 9.67 Å². The fraction of sp³-hybridized carbons (Fsp3) is 0. The van der Waals surface area contributed by atoms with Crippen molar-refractivity contribution in [2.45, 2.75) is 0 Å². The van der Waals surface area contributed by atoms with Crippen LogP contribution in [0.25, 0.3) is 105 Å². The summed E-state index contributed by atoms with van der Waals surface area (Å²) in [7, 11) is 0. The summed E-state index contributed by atoms with van der Waals surface area (Å²) >= 11 is 0. The quantitative estimate of drug-likeness (QED) is 0.178. The highest BCUT2D eigenvalue weighted by molar-refractivity contribution is 6.17. The maximum atomic E-state index is 6.36. The van der Waals surface area contributed by atoms with Crippen LogP contribution in [0.5, 0.6) is 0 Å². The predicted octanol–water partition coefficient (Wildman–Crippen LogP) is 12.7. The zero-order chi connectivity index (χ0) is 36.7. The Kier molecular flexibility index (Phi) is 6.53. The predicted molar refractivity (Wildman–Crippen MR) is 228 cm³/mol. The van der Waals surface area contributed by atoms with Gasteiger partial charge in [0.1, 0.15) is 11.2 Å². The Balaban J connectivity index is 1.13. The molecule has 0 atom stereocenters. The van der Waals surface area contributed by atoms with Crippen LogP contribution < -0.4 is 0 Å². The molecule has 12 aromatic rings. The fourth-order valence-corrected chi connectivity index (χ4v) is 8.65. The van der Waals surface area contributed by atoms with E-state index in [2.05, 4.69) is 149 Å². The smallest absolute Gasteiger partial charge is 0.182 e. The SMILES string of the molecule is c1ccc(-c2nc(-c3cccc4c5ccccc5n(-c5cccc(-n6c7ccccc7c7cc8oc9ccccc9c8cc76)c5)c34)n(-c3ccccc3)n2)cc1. The number of nitrogens with zero attached hydrogens (tertiary/aromatic N) is 5. The Labute approximate surface area is 320 Å². The first kappa shape index (κ1) is 30.7. The maximum absolute atomic E-state index is 6.36. The molecule has 0 fully saturated rings. The molecular weight excluding hydrogens is 687 g/mol. The summed E-state index contributed by atoms with van der Waals surface area (Å²) in [6, 6.07) is 66.0. The lowest BCUT2D eigenvalue weighted by atomic mass is 10.1. The van der Waals surface area contributed by atoms with Crippen LogP contribution in [0, 0.1) is 0 Å². The highest BCUT2D eigenvalue weighted by Crippen LogP contribution is 2.41. The Bertz CT molecular complexity index is 3480. The van der Waals surface area contributed by atoms with E-state index in [1.807, 2.05) is 53.2 Å². The molecular formula is C50H31N5O. The van der Waals surface area contributed by atoms with Crippen molar-refractivity contribution in [3.63, 3.8) is 0 Å². The highest BCUT2D eigenvalue weighted by atomic mass is 16.3. The summed E-state index contributed by atoms with van der Waals surface area (Å²) in [4.78, 5) is 5.28. The molecule has 0 bridgehead atoms. The number of furan rings is 1. The van der Waals surface area contributed by atoms with Crippen molar-refractivity contribution in [2.75, 3.05) is 0 Å². The maximum Gasteiger partial charge on any atom is 0.182 e. The van der Waals surface area contributed by atoms with E-state index in [0.717, 1.165) is 88.8 Å².